The van der Waals surface area contributed by atoms with Crippen molar-refractivity contribution in [3.05, 3.63) is 77.9 Å². The Morgan fingerprint density at radius 2 is 1.73 bits per heavy atom. The van der Waals surface area contributed by atoms with Crippen molar-refractivity contribution < 1.29 is 4.79 Å². The molecule has 0 aliphatic rings. The maximum atomic E-state index is 12.4. The van der Waals surface area contributed by atoms with E-state index >= 15 is 0 Å². The number of fused-ring (bicyclic) bond motifs is 1. The molecule has 0 unspecified atom stereocenters. The molecule has 26 heavy (non-hydrogen) atoms. The molecule has 3 aromatic carbocycles. The van der Waals surface area contributed by atoms with Crippen molar-refractivity contribution >= 4 is 22.4 Å². The lowest BCUT2D eigenvalue weighted by molar-refractivity contribution is -0.117. The van der Waals surface area contributed by atoms with Crippen LogP contribution >= 0.6 is 0 Å². The minimum absolute atomic E-state index is 0.0331. The van der Waals surface area contributed by atoms with Gasteiger partial charge in [-0.25, -0.2) is 0 Å². The second kappa shape index (κ2) is 7.81. The van der Waals surface area contributed by atoms with E-state index in [4.69, 9.17) is 5.26 Å². The predicted octanol–water partition coefficient (Wildman–Crippen LogP) is 4.39. The highest BCUT2D eigenvalue weighted by Crippen LogP contribution is 2.20. The minimum atomic E-state index is -0.373. The van der Waals surface area contributed by atoms with Gasteiger partial charge in [0, 0.05) is 11.7 Å². The van der Waals surface area contributed by atoms with Crippen molar-refractivity contribution in [2.45, 2.75) is 25.9 Å². The number of rotatable bonds is 5. The van der Waals surface area contributed by atoms with E-state index < -0.39 is 0 Å². The van der Waals surface area contributed by atoms with E-state index in [1.807, 2.05) is 26.0 Å². The van der Waals surface area contributed by atoms with Crippen molar-refractivity contribution in [1.82, 2.24) is 5.32 Å². The van der Waals surface area contributed by atoms with Crippen LogP contribution in [0.25, 0.3) is 10.8 Å². The van der Waals surface area contributed by atoms with Gasteiger partial charge in [-0.05, 0) is 54.4 Å². The summed E-state index contributed by atoms with van der Waals surface area (Å²) >= 11 is 0. The molecule has 0 spiro atoms. The van der Waals surface area contributed by atoms with Crippen LogP contribution in [0.4, 0.5) is 5.69 Å². The van der Waals surface area contributed by atoms with Gasteiger partial charge in [0.25, 0.3) is 0 Å². The summed E-state index contributed by atoms with van der Waals surface area (Å²) in [5.74, 6) is -0.132. The van der Waals surface area contributed by atoms with E-state index in [1.165, 1.54) is 10.8 Å². The highest BCUT2D eigenvalue weighted by atomic mass is 16.2. The number of benzene rings is 3. The zero-order valence-electron chi connectivity index (χ0n) is 14.9. The van der Waals surface area contributed by atoms with Gasteiger partial charge in [0.2, 0.25) is 5.91 Å². The van der Waals surface area contributed by atoms with Gasteiger partial charge >= 0.3 is 0 Å². The fraction of sp³-hybridized carbons (Fsp3) is 0.182. The zero-order valence-corrected chi connectivity index (χ0v) is 14.9. The van der Waals surface area contributed by atoms with E-state index in [-0.39, 0.29) is 18.0 Å². The number of nitriles is 1. The first-order valence-corrected chi connectivity index (χ1v) is 8.62. The largest absolute Gasteiger partial charge is 0.325 e. The third kappa shape index (κ3) is 4.08. The summed E-state index contributed by atoms with van der Waals surface area (Å²) in [6.07, 6.45) is 0. The lowest BCUT2D eigenvalue weighted by Gasteiger charge is -2.20. The summed E-state index contributed by atoms with van der Waals surface area (Å²) in [6.45, 7) is 3.88. The van der Waals surface area contributed by atoms with Crippen LogP contribution in [-0.2, 0) is 4.79 Å². The van der Waals surface area contributed by atoms with Crippen LogP contribution in [0, 0.1) is 11.3 Å². The van der Waals surface area contributed by atoms with E-state index in [0.717, 1.165) is 5.56 Å². The van der Waals surface area contributed by atoms with E-state index in [1.54, 1.807) is 24.3 Å². The number of carbonyl (C=O) groups excluding carboxylic acids is 1. The monoisotopic (exact) mass is 343 g/mol. The molecule has 0 fully saturated rings. The lowest BCUT2D eigenvalue weighted by Crippen LogP contribution is -2.39. The summed E-state index contributed by atoms with van der Waals surface area (Å²) in [6, 6.07) is 23.2. The highest BCUT2D eigenvalue weighted by molar-refractivity contribution is 5.94. The quantitative estimate of drug-likeness (QED) is 0.722. The number of carbonyl (C=O) groups is 1. The Morgan fingerprint density at radius 1 is 0.962 bits per heavy atom. The standard InChI is InChI=1S/C22H21N3O/c1-15(19-11-10-18-7-3-4-8-20(18)13-19)24-16(2)22(26)25-21-9-5-6-17(12-21)14-23/h3-13,15-16,24H,1-2H3,(H,25,26)/t15-,16-/m1/s1. The Hall–Kier alpha value is -3.16. The summed E-state index contributed by atoms with van der Waals surface area (Å²) in [4.78, 5) is 12.4. The average molecular weight is 343 g/mol. The molecular formula is C22H21N3O. The molecule has 0 aromatic heterocycles. The van der Waals surface area contributed by atoms with Gasteiger partial charge in [-0.3, -0.25) is 10.1 Å². The summed E-state index contributed by atoms with van der Waals surface area (Å²) in [5.41, 5.74) is 2.28. The Bertz CT molecular complexity index is 974. The topological polar surface area (TPSA) is 64.9 Å². The average Bonchev–Trinajstić information content (AvgIpc) is 2.67. The molecule has 2 N–H and O–H groups in total. The molecule has 0 bridgehead atoms. The third-order valence-corrected chi connectivity index (χ3v) is 4.43. The predicted molar refractivity (Wildman–Crippen MR) is 105 cm³/mol. The van der Waals surface area contributed by atoms with Gasteiger partial charge in [0.1, 0.15) is 0 Å². The second-order valence-corrected chi connectivity index (χ2v) is 6.40. The number of hydrogen-bond donors (Lipinski definition) is 2. The van der Waals surface area contributed by atoms with Gasteiger partial charge in [0.15, 0.2) is 0 Å². The molecule has 0 heterocycles. The minimum Gasteiger partial charge on any atom is -0.325 e. The first kappa shape index (κ1) is 17.7. The van der Waals surface area contributed by atoms with Crippen LogP contribution in [0.3, 0.4) is 0 Å². The summed E-state index contributed by atoms with van der Waals surface area (Å²) in [7, 11) is 0. The van der Waals surface area contributed by atoms with Crippen LogP contribution < -0.4 is 10.6 Å². The summed E-state index contributed by atoms with van der Waals surface area (Å²) < 4.78 is 0. The number of nitrogens with one attached hydrogen (secondary N) is 2. The molecule has 2 atom stereocenters. The third-order valence-electron chi connectivity index (χ3n) is 4.43. The smallest absolute Gasteiger partial charge is 0.241 e. The number of hydrogen-bond acceptors (Lipinski definition) is 3. The van der Waals surface area contributed by atoms with Crippen molar-refractivity contribution in [3.63, 3.8) is 0 Å². The molecule has 4 nitrogen and oxygen atoms in total. The first-order chi connectivity index (χ1) is 12.6. The molecule has 3 aromatic rings. The van der Waals surface area contributed by atoms with Crippen molar-refractivity contribution in [2.24, 2.45) is 0 Å². The van der Waals surface area contributed by atoms with Crippen LogP contribution in [0.1, 0.15) is 31.0 Å². The van der Waals surface area contributed by atoms with Crippen molar-refractivity contribution in [3.8, 4) is 6.07 Å². The van der Waals surface area contributed by atoms with Crippen LogP contribution in [0.15, 0.2) is 66.7 Å². The summed E-state index contributed by atoms with van der Waals surface area (Å²) in [5, 5.41) is 17.5. The molecule has 0 radical (unpaired) electrons. The maximum absolute atomic E-state index is 12.4. The molecule has 3 rings (SSSR count). The van der Waals surface area contributed by atoms with Crippen molar-refractivity contribution in [2.75, 3.05) is 5.32 Å². The number of amides is 1. The SMILES string of the molecule is C[C@@H](N[C@H](C)c1ccc2ccccc2c1)C(=O)Nc1cccc(C#N)c1. The fourth-order valence-corrected chi connectivity index (χ4v) is 2.94. The van der Waals surface area contributed by atoms with E-state index in [9.17, 15) is 4.79 Å². The van der Waals surface area contributed by atoms with Gasteiger partial charge in [-0.1, -0.05) is 42.5 Å². The normalized spacial score (nSPS) is 13.0. The molecular weight excluding hydrogens is 322 g/mol. The van der Waals surface area contributed by atoms with Gasteiger partial charge in [-0.15, -0.1) is 0 Å². The molecule has 0 aliphatic heterocycles. The molecule has 0 saturated heterocycles. The van der Waals surface area contributed by atoms with Crippen LogP contribution in [0.2, 0.25) is 0 Å². The molecule has 0 saturated carbocycles. The Morgan fingerprint density at radius 3 is 2.50 bits per heavy atom. The fourth-order valence-electron chi connectivity index (χ4n) is 2.94. The highest BCUT2D eigenvalue weighted by Gasteiger charge is 2.16. The van der Waals surface area contributed by atoms with Crippen molar-refractivity contribution in [1.29, 1.82) is 5.26 Å². The van der Waals surface area contributed by atoms with Crippen LogP contribution in [0.5, 0.6) is 0 Å². The number of anilines is 1. The lowest BCUT2D eigenvalue weighted by atomic mass is 10.0. The molecule has 0 aliphatic carbocycles. The maximum Gasteiger partial charge on any atom is 0.241 e. The zero-order chi connectivity index (χ0) is 18.5. The van der Waals surface area contributed by atoms with Gasteiger partial charge in [-0.2, -0.15) is 5.26 Å². The van der Waals surface area contributed by atoms with Gasteiger partial charge in [0.05, 0.1) is 17.7 Å². The van der Waals surface area contributed by atoms with E-state index in [0.29, 0.717) is 11.3 Å². The van der Waals surface area contributed by atoms with Gasteiger partial charge < -0.3 is 5.32 Å². The Labute approximate surface area is 153 Å². The second-order valence-electron chi connectivity index (χ2n) is 6.40. The Balaban J connectivity index is 1.66. The van der Waals surface area contributed by atoms with E-state index in [2.05, 4.69) is 47.0 Å². The first-order valence-electron chi connectivity index (χ1n) is 8.62. The number of nitrogens with zero attached hydrogens (tertiary/aromatic N) is 1. The Kier molecular flexibility index (Phi) is 5.31. The molecule has 130 valence electrons. The molecule has 4 heteroatoms. The molecule has 1 amide bonds. The van der Waals surface area contributed by atoms with Crippen LogP contribution in [-0.4, -0.2) is 11.9 Å².